The minimum atomic E-state index is -1.38. The summed E-state index contributed by atoms with van der Waals surface area (Å²) in [4.78, 5) is 21.0. The Morgan fingerprint density at radius 2 is 2.19 bits per heavy atom. The van der Waals surface area contributed by atoms with Gasteiger partial charge in [-0.25, -0.2) is 4.79 Å². The first kappa shape index (κ1) is 14.5. The molecule has 1 N–H and O–H groups in total. The van der Waals surface area contributed by atoms with Gasteiger partial charge in [-0.05, 0) is 19.9 Å². The Kier molecular flexibility index (Phi) is 3.88. The van der Waals surface area contributed by atoms with Gasteiger partial charge in [0.25, 0.3) is 5.69 Å². The van der Waals surface area contributed by atoms with Gasteiger partial charge >= 0.3 is 5.97 Å². The Hall–Kier alpha value is -2.90. The highest BCUT2D eigenvalue weighted by atomic mass is 16.6. The van der Waals surface area contributed by atoms with Gasteiger partial charge in [-0.3, -0.25) is 10.1 Å². The van der Waals surface area contributed by atoms with E-state index in [2.05, 4.69) is 5.16 Å². The van der Waals surface area contributed by atoms with Crippen molar-refractivity contribution in [1.29, 1.82) is 0 Å². The average molecular weight is 292 g/mol. The third-order valence-electron chi connectivity index (χ3n) is 2.96. The summed E-state index contributed by atoms with van der Waals surface area (Å²) in [5.41, 5.74) is 0.529. The molecule has 0 bridgehead atoms. The number of hydrogen-bond donors (Lipinski definition) is 1. The lowest BCUT2D eigenvalue weighted by Crippen LogP contribution is -2.04. The molecular weight excluding hydrogens is 280 g/mol. The fourth-order valence-corrected chi connectivity index (χ4v) is 1.80. The van der Waals surface area contributed by atoms with E-state index in [1.165, 1.54) is 6.07 Å². The molecule has 0 atom stereocenters. The molecule has 2 rings (SSSR count). The van der Waals surface area contributed by atoms with Crippen molar-refractivity contribution < 1.29 is 24.1 Å². The highest BCUT2D eigenvalue weighted by Gasteiger charge is 2.20. The Labute approximate surface area is 119 Å². The van der Waals surface area contributed by atoms with Crippen molar-refractivity contribution in [2.24, 2.45) is 0 Å². The molecule has 0 radical (unpaired) electrons. The van der Waals surface area contributed by atoms with Crippen LogP contribution in [0.25, 0.3) is 0 Å². The minimum absolute atomic E-state index is 0.137. The SMILES string of the molecule is Cc1noc(C)c1COc1ccc([N+](=O)[O-])c(C(=O)O)c1. The van der Waals surface area contributed by atoms with Crippen molar-refractivity contribution in [3.63, 3.8) is 0 Å². The molecule has 1 aromatic heterocycles. The monoisotopic (exact) mass is 292 g/mol. The first-order valence-corrected chi connectivity index (χ1v) is 5.96. The van der Waals surface area contributed by atoms with Gasteiger partial charge in [0, 0.05) is 12.1 Å². The number of carboxylic acid groups (broad SMARTS) is 1. The van der Waals surface area contributed by atoms with Crippen LogP contribution in [0.5, 0.6) is 5.75 Å². The van der Waals surface area contributed by atoms with Crippen LogP contribution < -0.4 is 4.74 Å². The zero-order chi connectivity index (χ0) is 15.6. The van der Waals surface area contributed by atoms with Crippen LogP contribution in [-0.2, 0) is 6.61 Å². The number of ether oxygens (including phenoxy) is 1. The van der Waals surface area contributed by atoms with E-state index in [4.69, 9.17) is 14.4 Å². The molecule has 110 valence electrons. The van der Waals surface area contributed by atoms with E-state index in [0.29, 0.717) is 11.5 Å². The largest absolute Gasteiger partial charge is 0.489 e. The number of nitro groups is 1. The fraction of sp³-hybridized carbons (Fsp3) is 0.231. The van der Waals surface area contributed by atoms with E-state index >= 15 is 0 Å². The van der Waals surface area contributed by atoms with Gasteiger partial charge in [0.05, 0.1) is 16.2 Å². The summed E-state index contributed by atoms with van der Waals surface area (Å²) in [6.07, 6.45) is 0. The summed E-state index contributed by atoms with van der Waals surface area (Å²) in [6, 6.07) is 3.58. The van der Waals surface area contributed by atoms with Gasteiger partial charge in [-0.1, -0.05) is 5.16 Å². The van der Waals surface area contributed by atoms with E-state index in [1.54, 1.807) is 13.8 Å². The van der Waals surface area contributed by atoms with Crippen LogP contribution in [0, 0.1) is 24.0 Å². The topological polar surface area (TPSA) is 116 Å². The predicted octanol–water partition coefficient (Wildman–Crippen LogP) is 2.48. The number of nitrogens with zero attached hydrogens (tertiary/aromatic N) is 2. The smallest absolute Gasteiger partial charge is 0.342 e. The van der Waals surface area contributed by atoms with Crippen molar-refractivity contribution in [2.75, 3.05) is 0 Å². The van der Waals surface area contributed by atoms with Crippen LogP contribution >= 0.6 is 0 Å². The summed E-state index contributed by atoms with van der Waals surface area (Å²) < 4.78 is 10.4. The van der Waals surface area contributed by atoms with Gasteiger partial charge in [-0.15, -0.1) is 0 Å². The first-order chi connectivity index (χ1) is 9.90. The molecule has 0 aliphatic carbocycles. The molecule has 1 aromatic carbocycles. The fourth-order valence-electron chi connectivity index (χ4n) is 1.80. The molecular formula is C13H12N2O6. The van der Waals surface area contributed by atoms with Gasteiger partial charge in [0.15, 0.2) is 0 Å². The van der Waals surface area contributed by atoms with Gasteiger partial charge in [0.1, 0.15) is 23.7 Å². The zero-order valence-corrected chi connectivity index (χ0v) is 11.3. The molecule has 0 fully saturated rings. The zero-order valence-electron chi connectivity index (χ0n) is 11.3. The van der Waals surface area contributed by atoms with E-state index in [-0.39, 0.29) is 12.4 Å². The van der Waals surface area contributed by atoms with E-state index in [0.717, 1.165) is 17.7 Å². The summed E-state index contributed by atoms with van der Waals surface area (Å²) in [5.74, 6) is -0.560. The molecule has 0 aliphatic heterocycles. The number of aromatic nitrogens is 1. The minimum Gasteiger partial charge on any atom is -0.489 e. The summed E-state index contributed by atoms with van der Waals surface area (Å²) in [5, 5.41) is 23.5. The lowest BCUT2D eigenvalue weighted by atomic mass is 10.1. The van der Waals surface area contributed by atoms with E-state index < -0.39 is 22.1 Å². The molecule has 0 aliphatic rings. The van der Waals surface area contributed by atoms with Gasteiger partial charge in [0.2, 0.25) is 0 Å². The Balaban J connectivity index is 2.24. The second-order valence-electron chi connectivity index (χ2n) is 4.33. The highest BCUT2D eigenvalue weighted by Crippen LogP contribution is 2.25. The number of aryl methyl sites for hydroxylation is 2. The normalized spacial score (nSPS) is 10.4. The highest BCUT2D eigenvalue weighted by molar-refractivity contribution is 5.92. The van der Waals surface area contributed by atoms with Crippen LogP contribution in [0.2, 0.25) is 0 Å². The molecule has 0 saturated heterocycles. The Bertz CT molecular complexity index is 687. The van der Waals surface area contributed by atoms with Crippen molar-refractivity contribution >= 4 is 11.7 Å². The van der Waals surface area contributed by atoms with Crippen LogP contribution in [0.3, 0.4) is 0 Å². The predicted molar refractivity (Wildman–Crippen MR) is 70.4 cm³/mol. The van der Waals surface area contributed by atoms with Crippen molar-refractivity contribution in [3.8, 4) is 5.75 Å². The molecule has 8 heteroatoms. The van der Waals surface area contributed by atoms with Crippen LogP contribution in [0.1, 0.15) is 27.4 Å². The Morgan fingerprint density at radius 3 is 2.71 bits per heavy atom. The number of rotatable bonds is 5. The lowest BCUT2D eigenvalue weighted by molar-refractivity contribution is -0.385. The number of hydrogen-bond acceptors (Lipinski definition) is 6. The third-order valence-corrected chi connectivity index (χ3v) is 2.96. The average Bonchev–Trinajstić information content (AvgIpc) is 2.75. The summed E-state index contributed by atoms with van der Waals surface area (Å²) in [7, 11) is 0. The summed E-state index contributed by atoms with van der Waals surface area (Å²) >= 11 is 0. The van der Waals surface area contributed by atoms with Crippen LogP contribution in [0.15, 0.2) is 22.7 Å². The number of aromatic carboxylic acids is 1. The second-order valence-corrected chi connectivity index (χ2v) is 4.33. The maximum absolute atomic E-state index is 11.0. The lowest BCUT2D eigenvalue weighted by Gasteiger charge is -2.07. The third kappa shape index (κ3) is 2.99. The molecule has 0 unspecified atom stereocenters. The van der Waals surface area contributed by atoms with Crippen molar-refractivity contribution in [2.45, 2.75) is 20.5 Å². The van der Waals surface area contributed by atoms with Crippen molar-refractivity contribution in [3.05, 3.63) is 50.9 Å². The van der Waals surface area contributed by atoms with Gasteiger partial charge < -0.3 is 14.4 Å². The molecule has 2 aromatic rings. The number of carbonyl (C=O) groups is 1. The molecule has 0 amide bonds. The standard InChI is InChI=1S/C13H12N2O6/c1-7-11(8(2)21-14-7)6-20-9-3-4-12(15(18)19)10(5-9)13(16)17/h3-5H,6H2,1-2H3,(H,16,17). The maximum Gasteiger partial charge on any atom is 0.342 e. The summed E-state index contributed by atoms with van der Waals surface area (Å²) in [6.45, 7) is 3.63. The molecule has 1 heterocycles. The van der Waals surface area contributed by atoms with E-state index in [1.807, 2.05) is 0 Å². The van der Waals surface area contributed by atoms with Crippen LogP contribution in [0.4, 0.5) is 5.69 Å². The molecule has 0 saturated carbocycles. The molecule has 21 heavy (non-hydrogen) atoms. The second kappa shape index (κ2) is 5.61. The van der Waals surface area contributed by atoms with E-state index in [9.17, 15) is 14.9 Å². The Morgan fingerprint density at radius 1 is 1.48 bits per heavy atom. The molecule has 8 nitrogen and oxygen atoms in total. The number of benzene rings is 1. The first-order valence-electron chi connectivity index (χ1n) is 5.96. The van der Waals surface area contributed by atoms with Gasteiger partial charge in [-0.2, -0.15) is 0 Å². The number of carboxylic acids is 1. The maximum atomic E-state index is 11.0. The van der Waals surface area contributed by atoms with Crippen LogP contribution in [-0.4, -0.2) is 21.2 Å². The number of nitro benzene ring substituents is 1. The molecule has 0 spiro atoms. The quantitative estimate of drug-likeness (QED) is 0.664. The van der Waals surface area contributed by atoms with Crippen molar-refractivity contribution in [1.82, 2.24) is 5.16 Å².